The lowest BCUT2D eigenvalue weighted by molar-refractivity contribution is -0.131. The Morgan fingerprint density at radius 2 is 2.00 bits per heavy atom. The van der Waals surface area contributed by atoms with Crippen molar-refractivity contribution >= 4 is 11.7 Å². The molecule has 1 aliphatic rings. The Kier molecular flexibility index (Phi) is 7.13. The van der Waals surface area contributed by atoms with Crippen LogP contribution in [0.4, 0.5) is 5.82 Å². The number of pyridine rings is 1. The summed E-state index contributed by atoms with van der Waals surface area (Å²) in [6.07, 6.45) is 3.14. The third-order valence-electron chi connectivity index (χ3n) is 3.87. The van der Waals surface area contributed by atoms with E-state index in [0.717, 1.165) is 44.2 Å². The highest BCUT2D eigenvalue weighted by molar-refractivity contribution is 5.76. The molecule has 0 spiro atoms. The Bertz CT molecular complexity index is 488. The van der Waals surface area contributed by atoms with Crippen molar-refractivity contribution in [2.45, 2.75) is 26.7 Å². The molecule has 0 unspecified atom stereocenters. The zero-order valence-electron chi connectivity index (χ0n) is 14.2. The number of ether oxygens (including phenoxy) is 2. The Balaban J connectivity index is 1.83. The van der Waals surface area contributed by atoms with Gasteiger partial charge in [0.25, 0.3) is 0 Å². The molecule has 0 aromatic carbocycles. The molecule has 1 aromatic heterocycles. The van der Waals surface area contributed by atoms with E-state index in [0.29, 0.717) is 26.2 Å². The second-order valence-corrected chi connectivity index (χ2v) is 5.43. The van der Waals surface area contributed by atoms with Crippen molar-refractivity contribution in [3.63, 3.8) is 0 Å². The Hall–Kier alpha value is -1.82. The lowest BCUT2D eigenvalue weighted by Crippen LogP contribution is -2.49. The molecule has 1 fully saturated rings. The van der Waals surface area contributed by atoms with E-state index < -0.39 is 0 Å². The van der Waals surface area contributed by atoms with Crippen LogP contribution in [0.1, 0.15) is 26.7 Å². The normalized spacial score (nSPS) is 14.9. The van der Waals surface area contributed by atoms with Crippen LogP contribution < -0.4 is 9.64 Å². The molecule has 1 saturated heterocycles. The predicted molar refractivity (Wildman–Crippen MR) is 89.9 cm³/mol. The number of hydrogen-bond donors (Lipinski definition) is 0. The molecular weight excluding hydrogens is 294 g/mol. The molecule has 0 N–H and O–H groups in total. The van der Waals surface area contributed by atoms with Crippen LogP contribution in [-0.4, -0.2) is 61.8 Å². The van der Waals surface area contributed by atoms with Gasteiger partial charge in [-0.1, -0.05) is 0 Å². The molecule has 0 aliphatic carbocycles. The number of carbonyl (C=O) groups excluding carboxylic acids is 1. The number of piperazine rings is 1. The zero-order chi connectivity index (χ0) is 16.5. The lowest BCUT2D eigenvalue weighted by atomic mass is 10.2. The first kappa shape index (κ1) is 17.5. The summed E-state index contributed by atoms with van der Waals surface area (Å²) in [5.74, 6) is 1.90. The second kappa shape index (κ2) is 9.35. The van der Waals surface area contributed by atoms with Gasteiger partial charge in [0.05, 0.1) is 6.61 Å². The van der Waals surface area contributed by atoms with Crippen LogP contribution in [0.25, 0.3) is 0 Å². The van der Waals surface area contributed by atoms with Crippen LogP contribution in [0.15, 0.2) is 18.3 Å². The number of aromatic nitrogens is 1. The fourth-order valence-corrected chi connectivity index (χ4v) is 2.68. The number of amides is 1. The summed E-state index contributed by atoms with van der Waals surface area (Å²) in [6, 6.07) is 3.82. The number of rotatable bonds is 8. The summed E-state index contributed by atoms with van der Waals surface area (Å²) in [4.78, 5) is 20.8. The summed E-state index contributed by atoms with van der Waals surface area (Å²) in [5.41, 5.74) is 0. The fraction of sp³-hybridized carbons (Fsp3) is 0.647. The largest absolute Gasteiger partial charge is 0.490 e. The average molecular weight is 321 g/mol. The van der Waals surface area contributed by atoms with Gasteiger partial charge in [0.1, 0.15) is 0 Å². The van der Waals surface area contributed by atoms with Gasteiger partial charge in [0.15, 0.2) is 11.6 Å². The standard InChI is InChI=1S/C17H27N3O3/c1-3-22-14-6-8-16(21)19-10-12-20(13-11-19)17-15(23-4-2)7-5-9-18-17/h5,7,9H,3-4,6,8,10-14H2,1-2H3. The van der Waals surface area contributed by atoms with Crippen molar-refractivity contribution in [2.24, 2.45) is 0 Å². The molecule has 1 aromatic rings. The topological polar surface area (TPSA) is 54.9 Å². The Morgan fingerprint density at radius 1 is 1.22 bits per heavy atom. The first-order chi connectivity index (χ1) is 11.3. The minimum absolute atomic E-state index is 0.218. The van der Waals surface area contributed by atoms with Crippen molar-refractivity contribution in [2.75, 3.05) is 50.9 Å². The molecular formula is C17H27N3O3. The van der Waals surface area contributed by atoms with E-state index in [4.69, 9.17) is 9.47 Å². The number of hydrogen-bond acceptors (Lipinski definition) is 5. The fourth-order valence-electron chi connectivity index (χ4n) is 2.68. The molecule has 6 nitrogen and oxygen atoms in total. The minimum Gasteiger partial charge on any atom is -0.490 e. The van der Waals surface area contributed by atoms with E-state index >= 15 is 0 Å². The smallest absolute Gasteiger partial charge is 0.222 e. The van der Waals surface area contributed by atoms with Gasteiger partial charge < -0.3 is 19.3 Å². The maximum atomic E-state index is 12.2. The summed E-state index contributed by atoms with van der Waals surface area (Å²) in [5, 5.41) is 0. The van der Waals surface area contributed by atoms with Gasteiger partial charge in [0.2, 0.25) is 5.91 Å². The molecule has 1 aliphatic heterocycles. The SMILES string of the molecule is CCOCCCC(=O)N1CCN(c2ncccc2OCC)CC1. The van der Waals surface area contributed by atoms with Crippen LogP contribution in [0.5, 0.6) is 5.75 Å². The van der Waals surface area contributed by atoms with Crippen LogP contribution in [0, 0.1) is 0 Å². The molecule has 1 amide bonds. The summed E-state index contributed by atoms with van der Waals surface area (Å²) < 4.78 is 10.9. The van der Waals surface area contributed by atoms with Gasteiger partial charge in [-0.2, -0.15) is 0 Å². The summed E-state index contributed by atoms with van der Waals surface area (Å²) in [7, 11) is 0. The number of carbonyl (C=O) groups is 1. The molecule has 6 heteroatoms. The highest BCUT2D eigenvalue weighted by Gasteiger charge is 2.23. The van der Waals surface area contributed by atoms with Crippen molar-refractivity contribution in [1.29, 1.82) is 0 Å². The van der Waals surface area contributed by atoms with Gasteiger partial charge in [-0.25, -0.2) is 4.98 Å². The van der Waals surface area contributed by atoms with Gasteiger partial charge in [0, 0.05) is 52.0 Å². The quantitative estimate of drug-likeness (QED) is 0.685. The maximum Gasteiger partial charge on any atom is 0.222 e. The number of nitrogens with zero attached hydrogens (tertiary/aromatic N) is 3. The van der Waals surface area contributed by atoms with Crippen molar-refractivity contribution in [1.82, 2.24) is 9.88 Å². The van der Waals surface area contributed by atoms with E-state index in [1.807, 2.05) is 30.9 Å². The van der Waals surface area contributed by atoms with Crippen LogP contribution in [-0.2, 0) is 9.53 Å². The van der Waals surface area contributed by atoms with Gasteiger partial charge in [-0.05, 0) is 32.4 Å². The summed E-state index contributed by atoms with van der Waals surface area (Å²) >= 11 is 0. The molecule has 0 atom stereocenters. The minimum atomic E-state index is 0.218. The monoisotopic (exact) mass is 321 g/mol. The molecule has 128 valence electrons. The first-order valence-corrected chi connectivity index (χ1v) is 8.44. The van der Waals surface area contributed by atoms with Crippen molar-refractivity contribution in [3.8, 4) is 5.75 Å². The predicted octanol–water partition coefficient (Wildman–Crippen LogP) is 1.95. The van der Waals surface area contributed by atoms with Crippen LogP contribution >= 0.6 is 0 Å². The molecule has 0 radical (unpaired) electrons. The second-order valence-electron chi connectivity index (χ2n) is 5.43. The molecule has 0 saturated carbocycles. The van der Waals surface area contributed by atoms with E-state index in [2.05, 4.69) is 9.88 Å². The van der Waals surface area contributed by atoms with Gasteiger partial charge >= 0.3 is 0 Å². The molecule has 0 bridgehead atoms. The maximum absolute atomic E-state index is 12.2. The summed E-state index contributed by atoms with van der Waals surface area (Å²) in [6.45, 7) is 8.96. The van der Waals surface area contributed by atoms with E-state index in [-0.39, 0.29) is 5.91 Å². The molecule has 2 heterocycles. The Morgan fingerprint density at radius 3 is 2.70 bits per heavy atom. The first-order valence-electron chi connectivity index (χ1n) is 8.44. The average Bonchev–Trinajstić information content (AvgIpc) is 2.59. The van der Waals surface area contributed by atoms with E-state index in [9.17, 15) is 4.79 Å². The third-order valence-corrected chi connectivity index (χ3v) is 3.87. The zero-order valence-corrected chi connectivity index (χ0v) is 14.2. The van der Waals surface area contributed by atoms with Crippen LogP contribution in [0.2, 0.25) is 0 Å². The van der Waals surface area contributed by atoms with Crippen LogP contribution in [0.3, 0.4) is 0 Å². The van der Waals surface area contributed by atoms with Gasteiger partial charge in [-0.3, -0.25) is 4.79 Å². The van der Waals surface area contributed by atoms with E-state index in [1.54, 1.807) is 6.20 Å². The van der Waals surface area contributed by atoms with E-state index in [1.165, 1.54) is 0 Å². The van der Waals surface area contributed by atoms with Gasteiger partial charge in [-0.15, -0.1) is 0 Å². The molecule has 2 rings (SSSR count). The third kappa shape index (κ3) is 5.10. The lowest BCUT2D eigenvalue weighted by Gasteiger charge is -2.36. The molecule has 23 heavy (non-hydrogen) atoms. The highest BCUT2D eigenvalue weighted by atomic mass is 16.5. The van der Waals surface area contributed by atoms with Crippen molar-refractivity contribution in [3.05, 3.63) is 18.3 Å². The Labute approximate surface area is 138 Å². The highest BCUT2D eigenvalue weighted by Crippen LogP contribution is 2.26. The number of anilines is 1. The van der Waals surface area contributed by atoms with Crippen molar-refractivity contribution < 1.29 is 14.3 Å².